The molecule has 0 aliphatic rings. The van der Waals surface area contributed by atoms with Crippen molar-refractivity contribution in [2.24, 2.45) is 0 Å². The van der Waals surface area contributed by atoms with Gasteiger partial charge in [-0.1, -0.05) is 30.0 Å². The van der Waals surface area contributed by atoms with Crippen LogP contribution in [0.2, 0.25) is 0 Å². The van der Waals surface area contributed by atoms with Crippen molar-refractivity contribution in [3.8, 4) is 0 Å². The van der Waals surface area contributed by atoms with Crippen molar-refractivity contribution in [3.63, 3.8) is 0 Å². The van der Waals surface area contributed by atoms with Crippen LogP contribution < -0.4 is 0 Å². The third kappa shape index (κ3) is 3.17. The summed E-state index contributed by atoms with van der Waals surface area (Å²) in [5.41, 5.74) is 2.41. The molecule has 0 amide bonds. The minimum absolute atomic E-state index is 0.273. The SMILES string of the molecule is Cc1cc(Sc2ccccc2C)c([C@H](C)O)cc1F. The molecule has 3 heteroatoms. The predicted octanol–water partition coefficient (Wildman–Crippen LogP) is 4.65. The largest absolute Gasteiger partial charge is 0.389 e. The van der Waals surface area contributed by atoms with Crippen molar-refractivity contribution in [1.29, 1.82) is 0 Å². The molecule has 0 fully saturated rings. The van der Waals surface area contributed by atoms with Crippen molar-refractivity contribution < 1.29 is 9.50 Å². The molecule has 2 aromatic carbocycles. The van der Waals surface area contributed by atoms with Crippen LogP contribution in [-0.2, 0) is 0 Å². The van der Waals surface area contributed by atoms with Crippen LogP contribution in [0.1, 0.15) is 29.7 Å². The maximum absolute atomic E-state index is 13.6. The summed E-state index contributed by atoms with van der Waals surface area (Å²) in [7, 11) is 0. The molecular formula is C16H17FOS. The maximum Gasteiger partial charge on any atom is 0.126 e. The van der Waals surface area contributed by atoms with Crippen molar-refractivity contribution in [2.75, 3.05) is 0 Å². The molecule has 0 aliphatic carbocycles. The Morgan fingerprint density at radius 1 is 1.05 bits per heavy atom. The van der Waals surface area contributed by atoms with Crippen LogP contribution in [0.5, 0.6) is 0 Å². The first-order chi connectivity index (χ1) is 8.99. The van der Waals surface area contributed by atoms with Crippen molar-refractivity contribution in [2.45, 2.75) is 36.7 Å². The summed E-state index contributed by atoms with van der Waals surface area (Å²) in [6.45, 7) is 5.44. The highest BCUT2D eigenvalue weighted by Crippen LogP contribution is 2.36. The minimum Gasteiger partial charge on any atom is -0.389 e. The van der Waals surface area contributed by atoms with Gasteiger partial charge in [-0.25, -0.2) is 4.39 Å². The van der Waals surface area contributed by atoms with Crippen molar-refractivity contribution in [1.82, 2.24) is 0 Å². The summed E-state index contributed by atoms with van der Waals surface area (Å²) in [5.74, 6) is -0.273. The highest BCUT2D eigenvalue weighted by Gasteiger charge is 2.13. The molecule has 0 aliphatic heterocycles. The fourth-order valence-corrected chi connectivity index (χ4v) is 3.07. The highest BCUT2D eigenvalue weighted by molar-refractivity contribution is 7.99. The lowest BCUT2D eigenvalue weighted by atomic mass is 10.1. The van der Waals surface area contributed by atoms with Gasteiger partial charge >= 0.3 is 0 Å². The zero-order valence-electron chi connectivity index (χ0n) is 11.3. The molecule has 0 spiro atoms. The second-order valence-corrected chi connectivity index (χ2v) is 5.77. The lowest BCUT2D eigenvalue weighted by molar-refractivity contribution is 0.196. The summed E-state index contributed by atoms with van der Waals surface area (Å²) < 4.78 is 13.6. The zero-order chi connectivity index (χ0) is 14.0. The first-order valence-corrected chi connectivity index (χ1v) is 7.02. The summed E-state index contributed by atoms with van der Waals surface area (Å²) in [5, 5.41) is 9.79. The van der Waals surface area contributed by atoms with Gasteiger partial charge in [-0.3, -0.25) is 0 Å². The molecule has 0 saturated carbocycles. The molecule has 1 N–H and O–H groups in total. The third-order valence-corrected chi connectivity index (χ3v) is 4.31. The van der Waals surface area contributed by atoms with Gasteiger partial charge in [0, 0.05) is 9.79 Å². The third-order valence-electron chi connectivity index (χ3n) is 3.05. The van der Waals surface area contributed by atoms with Gasteiger partial charge in [0.15, 0.2) is 0 Å². The van der Waals surface area contributed by atoms with Gasteiger partial charge in [0.1, 0.15) is 5.82 Å². The number of aliphatic hydroxyl groups is 1. The van der Waals surface area contributed by atoms with E-state index in [2.05, 4.69) is 0 Å². The van der Waals surface area contributed by atoms with Crippen LogP contribution in [0, 0.1) is 19.7 Å². The van der Waals surface area contributed by atoms with E-state index in [-0.39, 0.29) is 5.82 Å². The van der Waals surface area contributed by atoms with E-state index in [1.54, 1.807) is 31.7 Å². The molecule has 1 atom stereocenters. The van der Waals surface area contributed by atoms with E-state index in [0.717, 1.165) is 9.79 Å². The lowest BCUT2D eigenvalue weighted by Gasteiger charge is -2.14. The number of rotatable bonds is 3. The van der Waals surface area contributed by atoms with Gasteiger partial charge in [-0.15, -0.1) is 0 Å². The maximum atomic E-state index is 13.6. The van der Waals surface area contributed by atoms with Crippen LogP contribution in [0.15, 0.2) is 46.2 Å². The lowest BCUT2D eigenvalue weighted by Crippen LogP contribution is -1.97. The monoisotopic (exact) mass is 276 g/mol. The van der Waals surface area contributed by atoms with Gasteiger partial charge < -0.3 is 5.11 Å². The fraction of sp³-hybridized carbons (Fsp3) is 0.250. The highest BCUT2D eigenvalue weighted by atomic mass is 32.2. The Kier molecular flexibility index (Phi) is 4.27. The van der Waals surface area contributed by atoms with Gasteiger partial charge in [-0.05, 0) is 55.7 Å². The van der Waals surface area contributed by atoms with Crippen LogP contribution in [0.4, 0.5) is 4.39 Å². The molecule has 1 nitrogen and oxygen atoms in total. The number of aliphatic hydroxyl groups excluding tert-OH is 1. The number of hydrogen-bond acceptors (Lipinski definition) is 2. The van der Waals surface area contributed by atoms with E-state index in [0.29, 0.717) is 11.1 Å². The van der Waals surface area contributed by atoms with Crippen LogP contribution >= 0.6 is 11.8 Å². The summed E-state index contributed by atoms with van der Waals surface area (Å²) in [6, 6.07) is 11.3. The van der Waals surface area contributed by atoms with Crippen LogP contribution in [0.3, 0.4) is 0 Å². The molecule has 0 aromatic heterocycles. The molecule has 0 radical (unpaired) electrons. The Bertz CT molecular complexity index is 593. The fourth-order valence-electron chi connectivity index (χ4n) is 1.87. The molecule has 0 heterocycles. The zero-order valence-corrected chi connectivity index (χ0v) is 12.1. The Morgan fingerprint density at radius 2 is 1.74 bits per heavy atom. The van der Waals surface area contributed by atoms with Crippen molar-refractivity contribution >= 4 is 11.8 Å². The topological polar surface area (TPSA) is 20.2 Å². The molecular weight excluding hydrogens is 259 g/mol. The van der Waals surface area contributed by atoms with E-state index in [1.807, 2.05) is 31.2 Å². The van der Waals surface area contributed by atoms with Crippen molar-refractivity contribution in [3.05, 3.63) is 58.9 Å². The van der Waals surface area contributed by atoms with E-state index in [9.17, 15) is 9.50 Å². The predicted molar refractivity (Wildman–Crippen MR) is 77.1 cm³/mol. The second-order valence-electron chi connectivity index (χ2n) is 4.68. The van der Waals surface area contributed by atoms with E-state index >= 15 is 0 Å². The Labute approximate surface area is 117 Å². The molecule has 0 unspecified atom stereocenters. The Hall–Kier alpha value is -1.32. The number of halogens is 1. The smallest absolute Gasteiger partial charge is 0.126 e. The number of aryl methyl sites for hydroxylation is 2. The van der Waals surface area contributed by atoms with Gasteiger partial charge in [-0.2, -0.15) is 0 Å². The normalized spacial score (nSPS) is 12.5. The van der Waals surface area contributed by atoms with E-state index < -0.39 is 6.10 Å². The van der Waals surface area contributed by atoms with E-state index in [4.69, 9.17) is 0 Å². The molecule has 100 valence electrons. The second kappa shape index (κ2) is 5.76. The quantitative estimate of drug-likeness (QED) is 0.880. The Morgan fingerprint density at radius 3 is 2.37 bits per heavy atom. The average molecular weight is 276 g/mol. The first kappa shape index (κ1) is 14.1. The number of benzene rings is 2. The molecule has 2 aromatic rings. The standard InChI is InChI=1S/C16H17FOS/c1-10-6-4-5-7-15(10)19-16-8-11(2)14(17)9-13(16)12(3)18/h4-9,12,18H,1-3H3/t12-/m0/s1. The van der Waals surface area contributed by atoms with Gasteiger partial charge in [0.05, 0.1) is 6.10 Å². The summed E-state index contributed by atoms with van der Waals surface area (Å²) >= 11 is 1.57. The van der Waals surface area contributed by atoms with E-state index in [1.165, 1.54) is 11.6 Å². The molecule has 0 saturated heterocycles. The van der Waals surface area contributed by atoms with Crippen LogP contribution in [-0.4, -0.2) is 5.11 Å². The Balaban J connectivity index is 2.45. The van der Waals surface area contributed by atoms with Crippen LogP contribution in [0.25, 0.3) is 0 Å². The molecule has 2 rings (SSSR count). The van der Waals surface area contributed by atoms with Gasteiger partial charge in [0.25, 0.3) is 0 Å². The first-order valence-electron chi connectivity index (χ1n) is 6.20. The average Bonchev–Trinajstić information content (AvgIpc) is 2.36. The number of hydrogen-bond donors (Lipinski definition) is 1. The summed E-state index contributed by atoms with van der Waals surface area (Å²) in [4.78, 5) is 2.03. The molecule has 19 heavy (non-hydrogen) atoms. The minimum atomic E-state index is -0.679. The molecule has 0 bridgehead atoms. The summed E-state index contributed by atoms with van der Waals surface area (Å²) in [6.07, 6.45) is -0.679. The van der Waals surface area contributed by atoms with Gasteiger partial charge in [0.2, 0.25) is 0 Å².